The second kappa shape index (κ2) is 7.35. The van der Waals surface area contributed by atoms with Gasteiger partial charge in [0.2, 0.25) is 5.95 Å². The van der Waals surface area contributed by atoms with Crippen molar-refractivity contribution >= 4 is 17.7 Å². The highest BCUT2D eigenvalue weighted by molar-refractivity contribution is 7.98. The van der Waals surface area contributed by atoms with E-state index in [1.807, 2.05) is 24.0 Å². The van der Waals surface area contributed by atoms with Crippen molar-refractivity contribution < 1.29 is 4.74 Å². The maximum absolute atomic E-state index is 5.44. The minimum atomic E-state index is 0.543. The largest absolute Gasteiger partial charge is 0.378 e. The number of anilines is 1. The number of aromatic nitrogens is 5. The Balaban J connectivity index is 1.78. The number of thioether (sulfide) groups is 1. The molecule has 0 saturated carbocycles. The van der Waals surface area contributed by atoms with Gasteiger partial charge in [0.05, 0.1) is 13.2 Å². The topological polar surface area (TPSA) is 61.0 Å². The molecule has 2 aromatic rings. The minimum Gasteiger partial charge on any atom is -0.378 e. The van der Waals surface area contributed by atoms with Gasteiger partial charge in [-0.1, -0.05) is 25.6 Å². The second-order valence-corrected chi connectivity index (χ2v) is 7.06. The van der Waals surface area contributed by atoms with Gasteiger partial charge in [-0.3, -0.25) is 9.25 Å². The molecule has 0 radical (unpaired) electrons. The highest BCUT2D eigenvalue weighted by atomic mass is 32.2. The zero-order valence-corrected chi connectivity index (χ0v) is 14.8. The molecule has 0 unspecified atom stereocenters. The van der Waals surface area contributed by atoms with Crippen LogP contribution in [0.4, 0.5) is 5.95 Å². The Hall–Kier alpha value is -1.54. The number of hydrogen-bond donors (Lipinski definition) is 0. The van der Waals surface area contributed by atoms with E-state index >= 15 is 0 Å². The van der Waals surface area contributed by atoms with Gasteiger partial charge in [-0.2, -0.15) is 5.10 Å². The van der Waals surface area contributed by atoms with Gasteiger partial charge in [-0.05, 0) is 12.0 Å². The molecule has 1 aliphatic heterocycles. The summed E-state index contributed by atoms with van der Waals surface area (Å²) >= 11 is 1.72. The van der Waals surface area contributed by atoms with Crippen LogP contribution < -0.4 is 4.90 Å². The lowest BCUT2D eigenvalue weighted by molar-refractivity contribution is 0.121. The van der Waals surface area contributed by atoms with Gasteiger partial charge >= 0.3 is 0 Å². The Morgan fingerprint density at radius 3 is 2.70 bits per heavy atom. The van der Waals surface area contributed by atoms with Crippen molar-refractivity contribution in [3.63, 3.8) is 0 Å². The van der Waals surface area contributed by atoms with E-state index in [1.54, 1.807) is 11.8 Å². The fraction of sp³-hybridized carbons (Fsp3) is 0.667. The smallest absolute Gasteiger partial charge is 0.228 e. The molecule has 0 amide bonds. The van der Waals surface area contributed by atoms with E-state index < -0.39 is 0 Å². The van der Waals surface area contributed by atoms with E-state index in [1.165, 1.54) is 5.69 Å². The van der Waals surface area contributed by atoms with Crippen LogP contribution in [0, 0.1) is 5.92 Å². The lowest BCUT2D eigenvalue weighted by Gasteiger charge is -2.28. The van der Waals surface area contributed by atoms with Crippen molar-refractivity contribution in [2.75, 3.05) is 31.2 Å². The summed E-state index contributed by atoms with van der Waals surface area (Å²) < 4.78 is 9.59. The van der Waals surface area contributed by atoms with Crippen LogP contribution in [0.3, 0.4) is 0 Å². The van der Waals surface area contributed by atoms with Gasteiger partial charge in [-0.25, -0.2) is 0 Å². The van der Waals surface area contributed by atoms with Crippen LogP contribution in [0.15, 0.2) is 17.4 Å². The number of aryl methyl sites for hydroxylation is 1. The van der Waals surface area contributed by atoms with E-state index in [9.17, 15) is 0 Å². The third-order valence-electron chi connectivity index (χ3n) is 3.81. The molecule has 0 atom stereocenters. The summed E-state index contributed by atoms with van der Waals surface area (Å²) in [4.78, 5) is 2.27. The molecular weight excluding hydrogens is 312 g/mol. The number of nitrogens with zero attached hydrogens (tertiary/aromatic N) is 6. The number of morpholine rings is 1. The standard InChI is InChI=1S/C15H24N6OS/c1-12(2)10-21-14(20-6-8-22-9-7-20)17-18-15(21)23-11-13-4-5-16-19(13)3/h4-5,12H,6-11H2,1-3H3. The minimum absolute atomic E-state index is 0.543. The SMILES string of the molecule is CC(C)Cn1c(SCc2ccnn2C)nnc1N1CCOCC1. The van der Waals surface area contributed by atoms with Crippen molar-refractivity contribution in [3.8, 4) is 0 Å². The molecule has 3 heterocycles. The molecule has 0 bridgehead atoms. The van der Waals surface area contributed by atoms with E-state index in [-0.39, 0.29) is 0 Å². The van der Waals surface area contributed by atoms with Gasteiger partial charge in [0.15, 0.2) is 5.16 Å². The first-order valence-electron chi connectivity index (χ1n) is 8.00. The molecule has 0 spiro atoms. The number of hydrogen-bond acceptors (Lipinski definition) is 6. The maximum Gasteiger partial charge on any atom is 0.228 e. The van der Waals surface area contributed by atoms with E-state index in [2.05, 4.69) is 38.6 Å². The first-order chi connectivity index (χ1) is 11.1. The molecule has 126 valence electrons. The molecule has 0 aromatic carbocycles. The molecule has 7 nitrogen and oxygen atoms in total. The Bertz CT molecular complexity index is 632. The van der Waals surface area contributed by atoms with Crippen molar-refractivity contribution in [2.24, 2.45) is 13.0 Å². The van der Waals surface area contributed by atoms with Gasteiger partial charge in [0, 0.05) is 44.3 Å². The van der Waals surface area contributed by atoms with Crippen LogP contribution in [0.25, 0.3) is 0 Å². The maximum atomic E-state index is 5.44. The first kappa shape index (κ1) is 16.3. The van der Waals surface area contributed by atoms with Gasteiger partial charge in [-0.15, -0.1) is 10.2 Å². The summed E-state index contributed by atoms with van der Waals surface area (Å²) in [6.45, 7) is 8.63. The van der Waals surface area contributed by atoms with E-state index in [0.717, 1.165) is 49.7 Å². The van der Waals surface area contributed by atoms with Crippen LogP contribution in [0.2, 0.25) is 0 Å². The third kappa shape index (κ3) is 3.87. The molecular formula is C15H24N6OS. The summed E-state index contributed by atoms with van der Waals surface area (Å²) in [5.41, 5.74) is 1.18. The molecule has 1 aliphatic rings. The molecule has 23 heavy (non-hydrogen) atoms. The lowest BCUT2D eigenvalue weighted by Crippen LogP contribution is -2.38. The summed E-state index contributed by atoms with van der Waals surface area (Å²) in [6.07, 6.45) is 1.83. The number of rotatable bonds is 6. The zero-order chi connectivity index (χ0) is 16.2. The molecule has 8 heteroatoms. The van der Waals surface area contributed by atoms with Crippen molar-refractivity contribution in [3.05, 3.63) is 18.0 Å². The Kier molecular flexibility index (Phi) is 5.22. The van der Waals surface area contributed by atoms with E-state index in [4.69, 9.17) is 4.74 Å². The highest BCUT2D eigenvalue weighted by Crippen LogP contribution is 2.26. The van der Waals surface area contributed by atoms with Crippen LogP contribution in [-0.2, 0) is 24.1 Å². The summed E-state index contributed by atoms with van der Waals surface area (Å²) in [5.74, 6) is 2.35. The van der Waals surface area contributed by atoms with Crippen LogP contribution in [0.1, 0.15) is 19.5 Å². The highest BCUT2D eigenvalue weighted by Gasteiger charge is 2.21. The monoisotopic (exact) mass is 336 g/mol. The predicted molar refractivity (Wildman–Crippen MR) is 90.7 cm³/mol. The van der Waals surface area contributed by atoms with Crippen LogP contribution >= 0.6 is 11.8 Å². The van der Waals surface area contributed by atoms with Gasteiger partial charge in [0.1, 0.15) is 0 Å². The summed E-state index contributed by atoms with van der Waals surface area (Å²) in [5, 5.41) is 14.1. The normalized spacial score (nSPS) is 15.6. The molecule has 0 aliphatic carbocycles. The molecule has 1 saturated heterocycles. The molecule has 2 aromatic heterocycles. The summed E-state index contributed by atoms with van der Waals surface area (Å²) in [6, 6.07) is 2.04. The average molecular weight is 336 g/mol. The number of ether oxygens (including phenoxy) is 1. The van der Waals surface area contributed by atoms with Crippen molar-refractivity contribution in [2.45, 2.75) is 31.3 Å². The van der Waals surface area contributed by atoms with Crippen molar-refractivity contribution in [1.82, 2.24) is 24.5 Å². The molecule has 1 fully saturated rings. The summed E-state index contributed by atoms with van der Waals surface area (Å²) in [7, 11) is 1.97. The third-order valence-corrected chi connectivity index (χ3v) is 4.81. The lowest BCUT2D eigenvalue weighted by atomic mass is 10.2. The zero-order valence-electron chi connectivity index (χ0n) is 14.0. The van der Waals surface area contributed by atoms with Crippen molar-refractivity contribution in [1.29, 1.82) is 0 Å². The predicted octanol–water partition coefficient (Wildman–Crippen LogP) is 1.80. The van der Waals surface area contributed by atoms with Gasteiger partial charge in [0.25, 0.3) is 0 Å². The molecule has 3 rings (SSSR count). The Labute approximate surface area is 141 Å². The quantitative estimate of drug-likeness (QED) is 0.750. The van der Waals surface area contributed by atoms with Crippen LogP contribution in [0.5, 0.6) is 0 Å². The van der Waals surface area contributed by atoms with Gasteiger partial charge < -0.3 is 9.64 Å². The fourth-order valence-corrected chi connectivity index (χ4v) is 3.56. The second-order valence-electron chi connectivity index (χ2n) is 6.12. The first-order valence-corrected chi connectivity index (χ1v) is 8.99. The van der Waals surface area contributed by atoms with E-state index in [0.29, 0.717) is 5.92 Å². The Morgan fingerprint density at radius 1 is 1.26 bits per heavy atom. The molecule has 0 N–H and O–H groups in total. The Morgan fingerprint density at radius 2 is 2.04 bits per heavy atom. The average Bonchev–Trinajstić information content (AvgIpc) is 3.12. The van der Waals surface area contributed by atoms with Crippen LogP contribution in [-0.4, -0.2) is 50.8 Å². The fourth-order valence-electron chi connectivity index (χ4n) is 2.59.